The van der Waals surface area contributed by atoms with Gasteiger partial charge in [-0.15, -0.1) is 0 Å². The van der Waals surface area contributed by atoms with Crippen molar-refractivity contribution in [3.63, 3.8) is 0 Å². The number of hydrogen-bond donors (Lipinski definition) is 2. The van der Waals surface area contributed by atoms with Crippen molar-refractivity contribution >= 4 is 5.69 Å². The Labute approximate surface area is 232 Å². The Bertz CT molecular complexity index is 1210. The number of benzene rings is 3. The molecule has 0 radical (unpaired) electrons. The fraction of sp³-hybridized carbons (Fsp3) is 0.424. The average Bonchev–Trinajstić information content (AvgIpc) is 3.27. The predicted octanol–water partition coefficient (Wildman–Crippen LogP) is 6.60. The molecule has 6 heteroatoms. The molecule has 0 aliphatic carbocycles. The lowest BCUT2D eigenvalue weighted by Crippen LogP contribution is -2.54. The summed E-state index contributed by atoms with van der Waals surface area (Å²) >= 11 is 0. The van der Waals surface area contributed by atoms with E-state index in [2.05, 4.69) is 58.8 Å². The van der Waals surface area contributed by atoms with E-state index in [0.29, 0.717) is 6.54 Å². The summed E-state index contributed by atoms with van der Waals surface area (Å²) in [4.78, 5) is 3.33. The quantitative estimate of drug-likeness (QED) is 0.194. The lowest BCUT2D eigenvalue weighted by Gasteiger charge is -2.33. The summed E-state index contributed by atoms with van der Waals surface area (Å²) in [6, 6.07) is 25.6. The minimum Gasteiger partial charge on any atom is -0.343 e. The first kappa shape index (κ1) is 28.9. The molecule has 2 N–H and O–H groups in total. The molecule has 0 saturated carbocycles. The van der Waals surface area contributed by atoms with Gasteiger partial charge in [0.05, 0.1) is 6.57 Å². The van der Waals surface area contributed by atoms with E-state index in [1.807, 2.05) is 38.1 Å². The number of nitrogens with one attached hydrogen (secondary N) is 2. The second-order valence-electron chi connectivity index (χ2n) is 10.7. The summed E-state index contributed by atoms with van der Waals surface area (Å²) in [5.41, 5.74) is 3.35. The van der Waals surface area contributed by atoms with Gasteiger partial charge >= 0.3 is 0 Å². The lowest BCUT2D eigenvalue weighted by atomic mass is 9.91. The topological polar surface area (TPSA) is 46.9 Å². The minimum atomic E-state index is -0.736. The maximum Gasteiger partial charge on any atom is 0.222 e. The van der Waals surface area contributed by atoms with Crippen LogP contribution in [0.25, 0.3) is 4.85 Å². The number of nitrogens with zero attached hydrogens (tertiary/aromatic N) is 1. The van der Waals surface area contributed by atoms with Crippen LogP contribution in [0.4, 0.5) is 10.1 Å². The van der Waals surface area contributed by atoms with Crippen molar-refractivity contribution in [1.82, 2.24) is 10.6 Å². The fourth-order valence-electron chi connectivity index (χ4n) is 5.25. The highest BCUT2D eigenvalue weighted by molar-refractivity contribution is 5.48. The van der Waals surface area contributed by atoms with E-state index in [9.17, 15) is 4.39 Å². The zero-order valence-corrected chi connectivity index (χ0v) is 23.2. The molecule has 1 saturated heterocycles. The third kappa shape index (κ3) is 8.20. The molecular weight excluding hydrogens is 489 g/mol. The van der Waals surface area contributed by atoms with Gasteiger partial charge in [-0.3, -0.25) is 0 Å². The molecule has 1 fully saturated rings. The molecule has 3 aromatic carbocycles. The first-order chi connectivity index (χ1) is 18.9. The van der Waals surface area contributed by atoms with Crippen molar-refractivity contribution in [1.29, 1.82) is 0 Å². The molecule has 4 atom stereocenters. The molecule has 2 unspecified atom stereocenters. The first-order valence-electron chi connectivity index (χ1n) is 13.9. The Kier molecular flexibility index (Phi) is 10.2. The third-order valence-electron chi connectivity index (χ3n) is 7.19. The van der Waals surface area contributed by atoms with Gasteiger partial charge in [-0.05, 0) is 68.5 Å². The normalized spacial score (nSPS) is 19.9. The highest BCUT2D eigenvalue weighted by Crippen LogP contribution is 2.34. The maximum absolute atomic E-state index is 14.0. The van der Waals surface area contributed by atoms with E-state index >= 15 is 0 Å². The molecule has 0 amide bonds. The standard InChI is InChI=1S/C33H40FN3O2/c1-5-6-19-36-29(20-24-13-9-7-10-14-24)31-32(39-33(2,3)38-31)30(21-25-15-11-8-12-16-25)37-23-26-17-18-27(34)28(22-26)35-4/h7-18,22,29-32,36-37H,5-6,19-21,23H2,1-3H3/t29-,30-,31?,32?/m1/s1. The van der Waals surface area contributed by atoms with Gasteiger partial charge in [-0.1, -0.05) is 80.1 Å². The minimum absolute atomic E-state index is 0.0384. The van der Waals surface area contributed by atoms with Crippen LogP contribution in [-0.2, 0) is 28.9 Å². The van der Waals surface area contributed by atoms with Crippen molar-refractivity contribution in [2.24, 2.45) is 0 Å². The van der Waals surface area contributed by atoms with Crippen molar-refractivity contribution in [3.8, 4) is 0 Å². The summed E-state index contributed by atoms with van der Waals surface area (Å²) < 4.78 is 27.2. The van der Waals surface area contributed by atoms with E-state index in [1.165, 1.54) is 17.2 Å². The van der Waals surface area contributed by atoms with Crippen LogP contribution in [0.1, 0.15) is 50.3 Å². The largest absolute Gasteiger partial charge is 0.343 e. The number of rotatable bonds is 13. The zero-order chi connectivity index (χ0) is 27.7. The van der Waals surface area contributed by atoms with Gasteiger partial charge in [0.1, 0.15) is 18.0 Å². The molecule has 0 bridgehead atoms. The second-order valence-corrected chi connectivity index (χ2v) is 10.7. The summed E-state index contributed by atoms with van der Waals surface area (Å²) in [6.07, 6.45) is 3.35. The highest BCUT2D eigenvalue weighted by Gasteiger charge is 2.48. The molecule has 5 nitrogen and oxygen atoms in total. The maximum atomic E-state index is 14.0. The van der Waals surface area contributed by atoms with Crippen molar-refractivity contribution in [3.05, 3.63) is 113 Å². The molecule has 206 valence electrons. The average molecular weight is 530 g/mol. The Morgan fingerprint density at radius 3 is 1.95 bits per heavy atom. The van der Waals surface area contributed by atoms with Crippen LogP contribution in [0, 0.1) is 12.4 Å². The Balaban J connectivity index is 1.62. The van der Waals surface area contributed by atoms with E-state index in [4.69, 9.17) is 16.0 Å². The highest BCUT2D eigenvalue weighted by atomic mass is 19.1. The SMILES string of the molecule is [C-]#[N+]c1cc(CN[C@H](Cc2ccccc2)C2OC(C)(C)OC2[C@@H](Cc2ccccc2)NCCCC)ccc1F. The van der Waals surface area contributed by atoms with Crippen LogP contribution in [0.5, 0.6) is 0 Å². The van der Waals surface area contributed by atoms with Crippen LogP contribution in [-0.4, -0.2) is 36.6 Å². The first-order valence-corrected chi connectivity index (χ1v) is 13.9. The summed E-state index contributed by atoms with van der Waals surface area (Å²) in [5.74, 6) is -1.23. The van der Waals surface area contributed by atoms with Crippen LogP contribution in [0.2, 0.25) is 0 Å². The summed E-state index contributed by atoms with van der Waals surface area (Å²) in [7, 11) is 0. The van der Waals surface area contributed by atoms with E-state index < -0.39 is 11.6 Å². The van der Waals surface area contributed by atoms with Gasteiger partial charge in [-0.2, -0.15) is 0 Å². The van der Waals surface area contributed by atoms with Crippen molar-refractivity contribution in [2.45, 2.75) is 83.1 Å². The predicted molar refractivity (Wildman–Crippen MR) is 154 cm³/mol. The zero-order valence-electron chi connectivity index (χ0n) is 23.2. The van der Waals surface area contributed by atoms with E-state index in [0.717, 1.165) is 37.8 Å². The van der Waals surface area contributed by atoms with Crippen molar-refractivity contribution in [2.75, 3.05) is 6.54 Å². The summed E-state index contributed by atoms with van der Waals surface area (Å²) in [5, 5.41) is 7.48. The van der Waals surface area contributed by atoms with Crippen LogP contribution >= 0.6 is 0 Å². The molecule has 39 heavy (non-hydrogen) atoms. The molecule has 0 spiro atoms. The number of unbranched alkanes of at least 4 members (excludes halogenated alkanes) is 1. The van der Waals surface area contributed by atoms with E-state index in [-0.39, 0.29) is 30.0 Å². The molecule has 1 aliphatic rings. The van der Waals surface area contributed by atoms with Gasteiger partial charge in [0, 0.05) is 18.6 Å². The summed E-state index contributed by atoms with van der Waals surface area (Å²) in [6.45, 7) is 14.8. The molecule has 1 aliphatic heterocycles. The van der Waals surface area contributed by atoms with Gasteiger partial charge in [-0.25, -0.2) is 9.24 Å². The van der Waals surface area contributed by atoms with E-state index in [1.54, 1.807) is 12.1 Å². The number of ether oxygens (including phenoxy) is 2. The molecule has 1 heterocycles. The Morgan fingerprint density at radius 1 is 0.846 bits per heavy atom. The fourth-order valence-corrected chi connectivity index (χ4v) is 5.25. The number of halogens is 1. The third-order valence-corrected chi connectivity index (χ3v) is 7.19. The molecule has 3 aromatic rings. The second kappa shape index (κ2) is 13.8. The molecule has 4 rings (SSSR count). The van der Waals surface area contributed by atoms with Crippen LogP contribution in [0.15, 0.2) is 78.9 Å². The Hall–Kier alpha value is -3.08. The van der Waals surface area contributed by atoms with Crippen LogP contribution < -0.4 is 10.6 Å². The van der Waals surface area contributed by atoms with Gasteiger partial charge < -0.3 is 20.1 Å². The Morgan fingerprint density at radius 2 is 1.41 bits per heavy atom. The van der Waals surface area contributed by atoms with Gasteiger partial charge in [0.25, 0.3) is 0 Å². The van der Waals surface area contributed by atoms with Gasteiger partial charge in [0.15, 0.2) is 5.79 Å². The number of hydrogen-bond acceptors (Lipinski definition) is 4. The van der Waals surface area contributed by atoms with Crippen LogP contribution in [0.3, 0.4) is 0 Å². The smallest absolute Gasteiger partial charge is 0.222 e. The van der Waals surface area contributed by atoms with Gasteiger partial charge in [0.2, 0.25) is 5.69 Å². The molecular formula is C33H40FN3O2. The molecule has 0 aromatic heterocycles. The van der Waals surface area contributed by atoms with Crippen molar-refractivity contribution < 1.29 is 13.9 Å². The lowest BCUT2D eigenvalue weighted by molar-refractivity contribution is -0.150. The monoisotopic (exact) mass is 529 g/mol.